The Labute approximate surface area is 295 Å². The first-order chi connectivity index (χ1) is 21.7. The van der Waals surface area contributed by atoms with E-state index in [0.29, 0.717) is 39.2 Å². The van der Waals surface area contributed by atoms with Gasteiger partial charge >= 0.3 is 0 Å². The zero-order chi connectivity index (χ0) is 31.6. The molecule has 8 aliphatic rings. The van der Waals surface area contributed by atoms with Gasteiger partial charge in [-0.15, -0.1) is 12.4 Å². The molecule has 8 heterocycles. The number of halogens is 4. The van der Waals surface area contributed by atoms with E-state index in [4.69, 9.17) is 48.1 Å². The van der Waals surface area contributed by atoms with Gasteiger partial charge in [0.05, 0.1) is 36.4 Å². The molecule has 0 aliphatic carbocycles. The number of hydrogen-bond acceptors (Lipinski definition) is 9. The first-order valence-electron chi connectivity index (χ1n) is 15.5. The van der Waals surface area contributed by atoms with Crippen molar-refractivity contribution in [2.75, 3.05) is 53.5 Å². The summed E-state index contributed by atoms with van der Waals surface area (Å²) in [5.41, 5.74) is 9.42. The van der Waals surface area contributed by atoms with E-state index in [9.17, 15) is 0 Å². The van der Waals surface area contributed by atoms with Crippen molar-refractivity contribution >= 4 is 68.9 Å². The van der Waals surface area contributed by atoms with Crippen LogP contribution in [0.15, 0.2) is 51.0 Å². The third-order valence-corrected chi connectivity index (χ3v) is 10.9. The van der Waals surface area contributed by atoms with Crippen LogP contribution in [-0.2, 0) is 9.68 Å². The maximum atomic E-state index is 6.05. The minimum Gasteiger partial charge on any atom is -0.495 e. The highest BCUT2D eigenvalue weighted by molar-refractivity contribution is 9.10. The maximum Gasteiger partial charge on any atom is 0.160 e. The van der Waals surface area contributed by atoms with Crippen LogP contribution in [0.1, 0.15) is 38.5 Å². The van der Waals surface area contributed by atoms with Gasteiger partial charge in [0.25, 0.3) is 0 Å². The summed E-state index contributed by atoms with van der Waals surface area (Å²) in [6.45, 7) is 6.91. The molecule has 0 radical (unpaired) electrons. The van der Waals surface area contributed by atoms with Crippen LogP contribution in [0.3, 0.4) is 0 Å². The normalized spacial score (nSPS) is 32.4. The van der Waals surface area contributed by atoms with Crippen LogP contribution in [0.4, 0.5) is 5.69 Å². The van der Waals surface area contributed by atoms with Crippen molar-refractivity contribution in [2.24, 2.45) is 27.7 Å². The maximum absolute atomic E-state index is 6.05. The molecule has 7 fully saturated rings. The Hall–Kier alpha value is -1.99. The molecule has 0 aromatic heterocycles. The number of rotatable bonds is 3. The molecule has 252 valence electrons. The summed E-state index contributed by atoms with van der Waals surface area (Å²) < 4.78 is 11.2. The fourth-order valence-corrected chi connectivity index (χ4v) is 8.21. The minimum absolute atomic E-state index is 0. The van der Waals surface area contributed by atoms with Gasteiger partial charge in [-0.2, -0.15) is 0 Å². The Morgan fingerprint density at radius 1 is 0.891 bits per heavy atom. The highest BCUT2D eigenvalue weighted by Crippen LogP contribution is 2.44. The fourth-order valence-electron chi connectivity index (χ4n) is 7.48. The van der Waals surface area contributed by atoms with Gasteiger partial charge < -0.3 is 24.9 Å². The molecule has 2 atom stereocenters. The predicted molar refractivity (Wildman–Crippen MR) is 188 cm³/mol. The van der Waals surface area contributed by atoms with Crippen molar-refractivity contribution in [1.82, 2.24) is 15.3 Å². The van der Waals surface area contributed by atoms with Crippen LogP contribution in [0.2, 0.25) is 10.0 Å². The van der Waals surface area contributed by atoms with E-state index < -0.39 is 0 Å². The molecule has 0 amide bonds. The van der Waals surface area contributed by atoms with Gasteiger partial charge in [0.1, 0.15) is 28.8 Å². The largest absolute Gasteiger partial charge is 0.495 e. The Bertz CT molecular complexity index is 1440. The molecule has 0 unspecified atom stereocenters. The third-order valence-electron chi connectivity index (χ3n) is 9.82. The topological polar surface area (TPSA) is 106 Å². The first-order valence-corrected chi connectivity index (χ1v) is 17.1. The Morgan fingerprint density at radius 2 is 1.46 bits per heavy atom. The van der Waals surface area contributed by atoms with E-state index in [1.807, 2.05) is 24.3 Å². The average Bonchev–Trinajstić information content (AvgIpc) is 3.62. The van der Waals surface area contributed by atoms with Crippen molar-refractivity contribution < 1.29 is 19.1 Å². The number of fused-ring (bicyclic) bond motifs is 4. The summed E-state index contributed by atoms with van der Waals surface area (Å²) in [5.74, 6) is 4.21. The molecule has 4 bridgehead atoms. The molecule has 14 heteroatoms. The monoisotopic (exact) mass is 758 g/mol. The number of hydroxylamine groups is 1. The number of nitrogens with zero attached hydrogens (tertiary/aromatic N) is 4. The second-order valence-corrected chi connectivity index (χ2v) is 14.3. The lowest BCUT2D eigenvalue weighted by molar-refractivity contribution is -0.150. The number of ether oxygens (including phenoxy) is 2. The molecular formula is C32H42BrCl3N6O4. The molecular weight excluding hydrogens is 719 g/mol. The molecule has 46 heavy (non-hydrogen) atoms. The van der Waals surface area contributed by atoms with E-state index >= 15 is 0 Å². The molecule has 10 rings (SSSR count). The van der Waals surface area contributed by atoms with Crippen molar-refractivity contribution in [2.45, 2.75) is 49.7 Å². The Morgan fingerprint density at radius 3 is 1.96 bits per heavy atom. The second-order valence-electron chi connectivity index (χ2n) is 12.6. The predicted octanol–water partition coefficient (Wildman–Crippen LogP) is 6.44. The quantitative estimate of drug-likeness (QED) is 0.369. The van der Waals surface area contributed by atoms with Gasteiger partial charge in [-0.05, 0) is 88.1 Å². The van der Waals surface area contributed by atoms with E-state index in [1.54, 1.807) is 26.4 Å². The van der Waals surface area contributed by atoms with E-state index in [1.165, 1.54) is 51.9 Å². The molecule has 3 N–H and O–H groups in total. The zero-order valence-corrected chi connectivity index (χ0v) is 30.1. The Balaban J connectivity index is 0.000000148. The molecule has 2 aromatic rings. The van der Waals surface area contributed by atoms with Gasteiger partial charge in [-0.25, -0.2) is 4.99 Å². The summed E-state index contributed by atoms with van der Waals surface area (Å²) in [4.78, 5) is 21.2. The third kappa shape index (κ3) is 7.66. The van der Waals surface area contributed by atoms with Crippen LogP contribution in [0.5, 0.6) is 11.5 Å². The van der Waals surface area contributed by atoms with Crippen LogP contribution in [0, 0.1) is 11.8 Å². The van der Waals surface area contributed by atoms with Crippen LogP contribution < -0.4 is 20.7 Å². The van der Waals surface area contributed by atoms with Crippen molar-refractivity contribution in [3.05, 3.63) is 50.9 Å². The standard InChI is InChI=1S/C16H20ClN3O2.C9H15N3O.C7H6BrClO.ClH/c1-21-14-8-12(2-3-13(14)17)18-15-9-16(22-19-15)10-20-6-4-11(16)5-7-20;10-8-5-9(13-11-8)6-12-3-1-7(9)2-4-12;1-10-7-4-5(8)2-3-6(7)9;/h2-3,8,11H,4-7,9-10H2,1H3,(H,18,19);7H,1-6H2,(H2,10,11);2-4H,1H3;1H/t16-;9-;;/m00../s1. The smallest absolute Gasteiger partial charge is 0.160 e. The van der Waals surface area contributed by atoms with E-state index in [-0.39, 0.29) is 23.6 Å². The summed E-state index contributed by atoms with van der Waals surface area (Å²) in [6, 6.07) is 11.0. The molecule has 10 nitrogen and oxygen atoms in total. The van der Waals surface area contributed by atoms with Gasteiger partial charge in [0.15, 0.2) is 5.60 Å². The molecule has 8 aliphatic heterocycles. The summed E-state index contributed by atoms with van der Waals surface area (Å²) in [7, 11) is 3.20. The number of amidine groups is 2. The number of nitrogens with one attached hydrogen (secondary N) is 1. The fraction of sp³-hybridized carbons (Fsp3) is 0.562. The van der Waals surface area contributed by atoms with Crippen molar-refractivity contribution in [3.8, 4) is 11.5 Å². The van der Waals surface area contributed by atoms with Crippen LogP contribution in [0.25, 0.3) is 0 Å². The number of methoxy groups -OCH3 is 2. The van der Waals surface area contributed by atoms with E-state index in [0.717, 1.165) is 41.9 Å². The number of oxime groups is 1. The van der Waals surface area contributed by atoms with E-state index in [2.05, 4.69) is 41.4 Å². The number of hydrogen-bond donors (Lipinski definition) is 2. The SMILES string of the molecule is COc1cc(Br)ccc1Cl.COc1cc(N=C2C[C@@]3(CN4CCC3CC4)ON2)ccc1Cl.Cl.NC1=NO[C@@]2(C1)CN1CCC2CC1. The van der Waals surface area contributed by atoms with Gasteiger partial charge in [0, 0.05) is 36.0 Å². The van der Waals surface area contributed by atoms with Gasteiger partial charge in [-0.3, -0.25) is 15.2 Å². The van der Waals surface area contributed by atoms with Crippen molar-refractivity contribution in [1.29, 1.82) is 0 Å². The highest BCUT2D eigenvalue weighted by atomic mass is 79.9. The van der Waals surface area contributed by atoms with Crippen molar-refractivity contribution in [3.63, 3.8) is 0 Å². The molecule has 0 saturated carbocycles. The minimum atomic E-state index is -0.0914. The molecule has 2 aromatic carbocycles. The summed E-state index contributed by atoms with van der Waals surface area (Å²) in [5, 5.41) is 5.12. The first kappa shape index (κ1) is 35.3. The Kier molecular flexibility index (Phi) is 11.6. The molecule has 7 saturated heterocycles. The highest BCUT2D eigenvalue weighted by Gasteiger charge is 2.53. The lowest BCUT2D eigenvalue weighted by Crippen LogP contribution is -2.59. The number of nitrogens with two attached hydrogens (primary N) is 1. The summed E-state index contributed by atoms with van der Waals surface area (Å²) >= 11 is 15.1. The number of piperidine rings is 6. The lowest BCUT2D eigenvalue weighted by Gasteiger charge is -2.49. The second kappa shape index (κ2) is 15.1. The zero-order valence-electron chi connectivity index (χ0n) is 26.1. The van der Waals surface area contributed by atoms with Crippen LogP contribution in [-0.4, -0.2) is 86.2 Å². The van der Waals surface area contributed by atoms with Gasteiger partial charge in [-0.1, -0.05) is 44.3 Å². The van der Waals surface area contributed by atoms with Crippen LogP contribution >= 0.6 is 51.5 Å². The lowest BCUT2D eigenvalue weighted by atomic mass is 9.74. The number of aliphatic imine (C=N–C) groups is 1. The summed E-state index contributed by atoms with van der Waals surface area (Å²) in [6.07, 6.45) is 6.65. The molecule has 2 spiro atoms. The number of benzene rings is 2. The average molecular weight is 761 g/mol. The van der Waals surface area contributed by atoms with Gasteiger partial charge in [0.2, 0.25) is 0 Å².